The summed E-state index contributed by atoms with van der Waals surface area (Å²) in [5, 5.41) is 9.46. The van der Waals surface area contributed by atoms with Crippen LogP contribution in [0.2, 0.25) is 0 Å². The van der Waals surface area contributed by atoms with E-state index in [1.165, 1.54) is 0 Å². The number of hydrogen-bond acceptors (Lipinski definition) is 6. The lowest BCUT2D eigenvalue weighted by molar-refractivity contribution is -1.12. The molecule has 1 rings (SSSR count). The van der Waals surface area contributed by atoms with Crippen molar-refractivity contribution in [3.8, 4) is 0 Å². The second-order valence-corrected chi connectivity index (χ2v) is 3.45. The molecule has 0 unspecified atom stereocenters. The smallest absolute Gasteiger partial charge is 0.426 e. The maximum absolute atomic E-state index is 11.1. The van der Waals surface area contributed by atoms with Crippen LogP contribution in [0.15, 0.2) is 12.2 Å². The molecule has 1 aliphatic heterocycles. The first-order chi connectivity index (χ1) is 7.36. The fourth-order valence-electron chi connectivity index (χ4n) is 1.07. The Balaban J connectivity index is 2.59. The summed E-state index contributed by atoms with van der Waals surface area (Å²) in [5.41, 5.74) is 0.556. The Morgan fingerprint density at radius 2 is 1.94 bits per heavy atom. The fraction of sp³-hybridized carbons (Fsp3) is 0.444. The minimum atomic E-state index is -1.96. The van der Waals surface area contributed by atoms with Gasteiger partial charge in [-0.05, 0) is 12.5 Å². The molecule has 0 atom stereocenters. The first-order valence-corrected chi connectivity index (χ1v) is 4.55. The Kier molecular flexibility index (Phi) is 3.41. The summed E-state index contributed by atoms with van der Waals surface area (Å²) < 4.78 is 4.49. The van der Waals surface area contributed by atoms with Crippen LogP contribution < -0.4 is 0 Å². The Morgan fingerprint density at radius 3 is 2.38 bits per heavy atom. The normalized spacial score (nSPS) is 18.4. The summed E-state index contributed by atoms with van der Waals surface area (Å²) in [6.45, 7) is 4.98. The second-order valence-electron chi connectivity index (χ2n) is 3.45. The molecule has 2 amide bonds. The molecule has 0 aliphatic carbocycles. The summed E-state index contributed by atoms with van der Waals surface area (Å²) in [4.78, 5) is 35.6. The van der Waals surface area contributed by atoms with E-state index in [0.29, 0.717) is 5.57 Å². The molecule has 1 N–H and O–H groups in total. The van der Waals surface area contributed by atoms with Crippen molar-refractivity contribution < 1.29 is 34.0 Å². The summed E-state index contributed by atoms with van der Waals surface area (Å²) in [6, 6.07) is 0. The standard InChI is InChI=1S/C9H12NO6/c1-6(2)5-15-9(13)16-10(14)7(11)3-4-8(10)12/h14H,1,3-5H2,2H3/q+1. The van der Waals surface area contributed by atoms with Gasteiger partial charge in [0, 0.05) is 0 Å². The van der Waals surface area contributed by atoms with Crippen molar-refractivity contribution in [1.82, 2.24) is 0 Å². The molecule has 0 aromatic heterocycles. The van der Waals surface area contributed by atoms with Crippen LogP contribution in [0, 0.1) is 0 Å². The van der Waals surface area contributed by atoms with Crippen LogP contribution in [-0.2, 0) is 19.2 Å². The Labute approximate surface area is 91.3 Å². The molecule has 88 valence electrons. The van der Waals surface area contributed by atoms with Crippen LogP contribution in [0.5, 0.6) is 0 Å². The zero-order chi connectivity index (χ0) is 12.3. The lowest BCUT2D eigenvalue weighted by Crippen LogP contribution is -2.50. The summed E-state index contributed by atoms with van der Waals surface area (Å²) in [7, 11) is 0. The minimum absolute atomic E-state index is 0.110. The van der Waals surface area contributed by atoms with E-state index in [4.69, 9.17) is 0 Å². The molecular formula is C9H12NO6+. The minimum Gasteiger partial charge on any atom is -0.426 e. The Hall–Kier alpha value is -1.73. The van der Waals surface area contributed by atoms with Gasteiger partial charge in [-0.3, -0.25) is 0 Å². The van der Waals surface area contributed by atoms with Gasteiger partial charge in [-0.25, -0.2) is 9.59 Å². The van der Waals surface area contributed by atoms with Gasteiger partial charge >= 0.3 is 18.0 Å². The van der Waals surface area contributed by atoms with E-state index in [2.05, 4.69) is 16.2 Å². The molecule has 7 heteroatoms. The van der Waals surface area contributed by atoms with Crippen molar-refractivity contribution in [3.05, 3.63) is 12.2 Å². The van der Waals surface area contributed by atoms with Crippen molar-refractivity contribution in [2.75, 3.05) is 6.61 Å². The number of carbonyl (C=O) groups excluding carboxylic acids is 3. The van der Waals surface area contributed by atoms with Gasteiger partial charge < -0.3 is 4.74 Å². The van der Waals surface area contributed by atoms with Crippen molar-refractivity contribution in [2.24, 2.45) is 0 Å². The maximum atomic E-state index is 11.1. The molecule has 0 radical (unpaired) electrons. The number of carbonyl (C=O) groups is 3. The predicted octanol–water partition coefficient (Wildman–Crippen LogP) is 0.684. The van der Waals surface area contributed by atoms with Gasteiger partial charge in [0.1, 0.15) is 11.4 Å². The highest BCUT2D eigenvalue weighted by molar-refractivity contribution is 5.90. The lowest BCUT2D eigenvalue weighted by atomic mass is 10.4. The molecule has 0 saturated carbocycles. The van der Waals surface area contributed by atoms with E-state index in [0.717, 1.165) is 0 Å². The van der Waals surface area contributed by atoms with E-state index in [-0.39, 0.29) is 19.4 Å². The third-order valence-corrected chi connectivity index (χ3v) is 1.87. The van der Waals surface area contributed by atoms with E-state index < -0.39 is 22.8 Å². The van der Waals surface area contributed by atoms with Crippen molar-refractivity contribution in [3.63, 3.8) is 0 Å². The monoisotopic (exact) mass is 230 g/mol. The number of amides is 2. The number of hydrogen-bond donors (Lipinski definition) is 1. The van der Waals surface area contributed by atoms with Gasteiger partial charge in [-0.1, -0.05) is 6.58 Å². The Bertz CT molecular complexity index is 345. The van der Waals surface area contributed by atoms with Crippen LogP contribution in [0.1, 0.15) is 19.8 Å². The molecule has 7 nitrogen and oxygen atoms in total. The SMILES string of the molecule is C=C(C)COC(=O)O[N+]1(O)C(=O)CCC1=O. The van der Waals surface area contributed by atoms with Gasteiger partial charge in [-0.15, -0.1) is 0 Å². The third kappa shape index (κ3) is 2.44. The highest BCUT2D eigenvalue weighted by atomic mass is 17.0. The molecule has 1 saturated heterocycles. The van der Waals surface area contributed by atoms with Crippen LogP contribution in [0.4, 0.5) is 4.79 Å². The van der Waals surface area contributed by atoms with Gasteiger partial charge in [0.05, 0.1) is 12.8 Å². The number of rotatable bonds is 3. The Morgan fingerprint density at radius 1 is 1.44 bits per heavy atom. The number of nitrogens with zero attached hydrogens (tertiary/aromatic N) is 1. The molecule has 16 heavy (non-hydrogen) atoms. The molecule has 0 spiro atoms. The lowest BCUT2D eigenvalue weighted by Gasteiger charge is -2.14. The summed E-state index contributed by atoms with van der Waals surface area (Å²) in [6.07, 6.45) is -1.62. The fourth-order valence-corrected chi connectivity index (χ4v) is 1.07. The van der Waals surface area contributed by atoms with Gasteiger partial charge in [-0.2, -0.15) is 14.8 Å². The third-order valence-electron chi connectivity index (χ3n) is 1.87. The van der Waals surface area contributed by atoms with E-state index in [1.54, 1.807) is 6.92 Å². The first-order valence-electron chi connectivity index (χ1n) is 4.55. The zero-order valence-electron chi connectivity index (χ0n) is 8.76. The van der Waals surface area contributed by atoms with Crippen molar-refractivity contribution >= 4 is 18.0 Å². The quantitative estimate of drug-likeness (QED) is 0.252. The first kappa shape index (κ1) is 12.3. The molecule has 0 bridgehead atoms. The van der Waals surface area contributed by atoms with Crippen molar-refractivity contribution in [1.29, 1.82) is 0 Å². The average molecular weight is 230 g/mol. The zero-order valence-corrected chi connectivity index (χ0v) is 8.76. The maximum Gasteiger partial charge on any atom is 0.564 e. The molecule has 1 heterocycles. The van der Waals surface area contributed by atoms with Crippen LogP contribution in [-0.4, -0.2) is 34.6 Å². The largest absolute Gasteiger partial charge is 0.564 e. The molecule has 0 aromatic rings. The average Bonchev–Trinajstić information content (AvgIpc) is 2.43. The molecule has 1 aliphatic rings. The molecule has 1 fully saturated rings. The van der Waals surface area contributed by atoms with Crippen LogP contribution in [0.3, 0.4) is 0 Å². The number of quaternary nitrogens is 1. The topological polar surface area (TPSA) is 89.9 Å². The number of hydroxylamine groups is 4. The highest BCUT2D eigenvalue weighted by Crippen LogP contribution is 2.20. The van der Waals surface area contributed by atoms with Gasteiger partial charge in [0.15, 0.2) is 0 Å². The molecule has 0 aromatic carbocycles. The van der Waals surface area contributed by atoms with Gasteiger partial charge in [0.25, 0.3) is 0 Å². The van der Waals surface area contributed by atoms with Crippen LogP contribution in [0.25, 0.3) is 0 Å². The highest BCUT2D eigenvalue weighted by Gasteiger charge is 2.56. The predicted molar refractivity (Wildman–Crippen MR) is 48.5 cm³/mol. The van der Waals surface area contributed by atoms with Gasteiger partial charge in [0.2, 0.25) is 0 Å². The van der Waals surface area contributed by atoms with E-state index in [1.807, 2.05) is 0 Å². The summed E-state index contributed by atoms with van der Waals surface area (Å²) in [5.74, 6) is -1.78. The van der Waals surface area contributed by atoms with Crippen LogP contribution >= 0.6 is 0 Å². The molecular weight excluding hydrogens is 218 g/mol. The summed E-state index contributed by atoms with van der Waals surface area (Å²) >= 11 is 0. The number of ether oxygens (including phenoxy) is 1. The second kappa shape index (κ2) is 4.42. The van der Waals surface area contributed by atoms with Crippen molar-refractivity contribution in [2.45, 2.75) is 19.8 Å². The number of imide groups is 1. The van der Waals surface area contributed by atoms with E-state index >= 15 is 0 Å². The van der Waals surface area contributed by atoms with E-state index in [9.17, 15) is 19.6 Å².